The molecule has 6 heteroatoms. The largest absolute Gasteiger partial charge is 0.409 e. The lowest BCUT2D eigenvalue weighted by molar-refractivity contribution is -0.143. The minimum absolute atomic E-state index is 0.00278. The van der Waals surface area contributed by atoms with E-state index in [2.05, 4.69) is 19.0 Å². The van der Waals surface area contributed by atoms with Crippen LogP contribution >= 0.6 is 0 Å². The molecule has 19 heavy (non-hydrogen) atoms. The smallest absolute Gasteiger partial charge is 0.236 e. The van der Waals surface area contributed by atoms with Crippen LogP contribution in [-0.4, -0.2) is 48.2 Å². The summed E-state index contributed by atoms with van der Waals surface area (Å²) in [5.74, 6) is 0.332. The van der Waals surface area contributed by atoms with Crippen LogP contribution in [0, 0.1) is 11.3 Å². The number of rotatable bonds is 5. The van der Waals surface area contributed by atoms with E-state index < -0.39 is 5.41 Å². The van der Waals surface area contributed by atoms with Gasteiger partial charge in [0.2, 0.25) is 5.91 Å². The topological polar surface area (TPSA) is 88.2 Å². The fourth-order valence-electron chi connectivity index (χ4n) is 2.49. The summed E-state index contributed by atoms with van der Waals surface area (Å²) in [7, 11) is 0. The molecule has 1 fully saturated rings. The van der Waals surface area contributed by atoms with E-state index in [1.165, 1.54) is 0 Å². The van der Waals surface area contributed by atoms with Gasteiger partial charge in [-0.15, -0.1) is 0 Å². The van der Waals surface area contributed by atoms with Crippen molar-refractivity contribution < 1.29 is 14.7 Å². The second kappa shape index (κ2) is 6.75. The van der Waals surface area contributed by atoms with Crippen molar-refractivity contribution >= 4 is 11.7 Å². The Morgan fingerprint density at radius 1 is 1.47 bits per heavy atom. The van der Waals surface area contributed by atoms with Crippen molar-refractivity contribution in [2.45, 2.75) is 33.6 Å². The highest BCUT2D eigenvalue weighted by Gasteiger charge is 2.46. The standard InChI is InChI=1S/C13H25N3O3/c1-4-16(9-10(2)3)12(17)13(11(14)15-18)5-7-19-8-6-13/h10,18H,4-9H2,1-3H3,(H2,14,15). The summed E-state index contributed by atoms with van der Waals surface area (Å²) in [6.45, 7) is 8.29. The molecular weight excluding hydrogens is 246 g/mol. The lowest BCUT2D eigenvalue weighted by atomic mass is 9.77. The lowest BCUT2D eigenvalue weighted by Crippen LogP contribution is -2.54. The third kappa shape index (κ3) is 3.37. The van der Waals surface area contributed by atoms with Crippen LogP contribution in [0.1, 0.15) is 33.6 Å². The third-order valence-electron chi connectivity index (χ3n) is 3.61. The van der Waals surface area contributed by atoms with Gasteiger partial charge in [-0.3, -0.25) is 4.79 Å². The second-order valence-corrected chi connectivity index (χ2v) is 5.42. The Kier molecular flexibility index (Phi) is 5.60. The zero-order chi connectivity index (χ0) is 14.5. The first-order valence-electron chi connectivity index (χ1n) is 6.83. The summed E-state index contributed by atoms with van der Waals surface area (Å²) in [6.07, 6.45) is 0.937. The van der Waals surface area contributed by atoms with E-state index in [1.54, 1.807) is 4.90 Å². The summed E-state index contributed by atoms with van der Waals surface area (Å²) in [5.41, 5.74) is 4.90. The fraction of sp³-hybridized carbons (Fsp3) is 0.846. The first-order chi connectivity index (χ1) is 8.97. The molecule has 0 aromatic rings. The molecule has 1 amide bonds. The van der Waals surface area contributed by atoms with E-state index in [9.17, 15) is 4.79 Å². The van der Waals surface area contributed by atoms with Crippen LogP contribution in [-0.2, 0) is 9.53 Å². The van der Waals surface area contributed by atoms with Crippen molar-refractivity contribution in [3.05, 3.63) is 0 Å². The molecule has 1 aliphatic rings. The molecule has 1 rings (SSSR count). The Morgan fingerprint density at radius 2 is 2.05 bits per heavy atom. The third-order valence-corrected chi connectivity index (χ3v) is 3.61. The lowest BCUT2D eigenvalue weighted by Gasteiger charge is -2.38. The van der Waals surface area contributed by atoms with E-state index >= 15 is 0 Å². The van der Waals surface area contributed by atoms with Crippen LogP contribution in [0.25, 0.3) is 0 Å². The molecule has 0 spiro atoms. The van der Waals surface area contributed by atoms with Gasteiger partial charge in [0.25, 0.3) is 0 Å². The first-order valence-corrected chi connectivity index (χ1v) is 6.83. The van der Waals surface area contributed by atoms with Crippen LogP contribution < -0.4 is 5.73 Å². The Bertz CT molecular complexity index is 336. The number of carbonyl (C=O) groups is 1. The maximum atomic E-state index is 12.8. The number of oxime groups is 1. The number of nitrogens with zero attached hydrogens (tertiary/aromatic N) is 2. The summed E-state index contributed by atoms with van der Waals surface area (Å²) < 4.78 is 5.30. The molecule has 1 aliphatic heterocycles. The number of nitrogens with two attached hydrogens (primary N) is 1. The first kappa shape index (κ1) is 15.8. The van der Waals surface area contributed by atoms with E-state index in [1.807, 2.05) is 6.92 Å². The minimum atomic E-state index is -0.905. The number of hydrogen-bond acceptors (Lipinski definition) is 4. The van der Waals surface area contributed by atoms with Crippen molar-refractivity contribution in [3.63, 3.8) is 0 Å². The predicted octanol–water partition coefficient (Wildman–Crippen LogP) is 1.03. The van der Waals surface area contributed by atoms with Gasteiger partial charge < -0.3 is 20.6 Å². The van der Waals surface area contributed by atoms with Gasteiger partial charge in [0.05, 0.1) is 0 Å². The highest BCUT2D eigenvalue weighted by atomic mass is 16.5. The molecular formula is C13H25N3O3. The van der Waals surface area contributed by atoms with Gasteiger partial charge in [-0.1, -0.05) is 19.0 Å². The van der Waals surface area contributed by atoms with Gasteiger partial charge in [0.15, 0.2) is 5.84 Å². The number of amides is 1. The average Bonchev–Trinajstić information content (AvgIpc) is 2.43. The number of hydrogen-bond donors (Lipinski definition) is 2. The summed E-state index contributed by atoms with van der Waals surface area (Å²) >= 11 is 0. The monoisotopic (exact) mass is 271 g/mol. The molecule has 1 saturated heterocycles. The zero-order valence-electron chi connectivity index (χ0n) is 12.1. The number of carbonyl (C=O) groups excluding carboxylic acids is 1. The minimum Gasteiger partial charge on any atom is -0.409 e. The molecule has 1 heterocycles. The molecule has 0 atom stereocenters. The van der Waals surface area contributed by atoms with E-state index in [0.29, 0.717) is 45.1 Å². The maximum Gasteiger partial charge on any atom is 0.236 e. The molecule has 0 radical (unpaired) electrons. The molecule has 0 aromatic heterocycles. The SMILES string of the molecule is CCN(CC(C)C)C(=O)C1(C(N)=NO)CCOCC1. The van der Waals surface area contributed by atoms with Crippen molar-refractivity contribution in [1.82, 2.24) is 4.90 Å². The van der Waals surface area contributed by atoms with Crippen LogP contribution in [0.4, 0.5) is 0 Å². The van der Waals surface area contributed by atoms with Crippen LogP contribution in [0.5, 0.6) is 0 Å². The molecule has 0 aromatic carbocycles. The van der Waals surface area contributed by atoms with Gasteiger partial charge >= 0.3 is 0 Å². The van der Waals surface area contributed by atoms with Gasteiger partial charge in [0.1, 0.15) is 5.41 Å². The Labute approximate surface area is 114 Å². The van der Waals surface area contributed by atoms with Gasteiger partial charge in [-0.05, 0) is 25.7 Å². The van der Waals surface area contributed by atoms with Gasteiger partial charge in [0, 0.05) is 26.3 Å². The molecule has 0 saturated carbocycles. The van der Waals surface area contributed by atoms with E-state index in [4.69, 9.17) is 15.7 Å². The molecule has 0 unspecified atom stereocenters. The molecule has 6 nitrogen and oxygen atoms in total. The predicted molar refractivity (Wildman–Crippen MR) is 73.0 cm³/mol. The summed E-state index contributed by atoms with van der Waals surface area (Å²) in [5, 5.41) is 12.1. The quantitative estimate of drug-likeness (QED) is 0.338. The molecule has 3 N–H and O–H groups in total. The van der Waals surface area contributed by atoms with Crippen molar-refractivity contribution in [3.8, 4) is 0 Å². The second-order valence-electron chi connectivity index (χ2n) is 5.42. The Hall–Kier alpha value is -1.30. The Balaban J connectivity index is 2.99. The Morgan fingerprint density at radius 3 is 2.47 bits per heavy atom. The van der Waals surface area contributed by atoms with Crippen LogP contribution in [0.3, 0.4) is 0 Å². The van der Waals surface area contributed by atoms with Crippen molar-refractivity contribution in [1.29, 1.82) is 0 Å². The van der Waals surface area contributed by atoms with Crippen molar-refractivity contribution in [2.75, 3.05) is 26.3 Å². The zero-order valence-corrected chi connectivity index (χ0v) is 12.1. The normalized spacial score (nSPS) is 19.5. The van der Waals surface area contributed by atoms with Crippen LogP contribution in [0.2, 0.25) is 0 Å². The number of amidine groups is 1. The van der Waals surface area contributed by atoms with E-state index in [0.717, 1.165) is 0 Å². The van der Waals surface area contributed by atoms with Gasteiger partial charge in [-0.25, -0.2) is 0 Å². The maximum absolute atomic E-state index is 12.8. The molecule has 110 valence electrons. The fourth-order valence-corrected chi connectivity index (χ4v) is 2.49. The van der Waals surface area contributed by atoms with Crippen LogP contribution in [0.15, 0.2) is 5.16 Å². The molecule has 0 bridgehead atoms. The van der Waals surface area contributed by atoms with E-state index in [-0.39, 0.29) is 11.7 Å². The highest BCUT2D eigenvalue weighted by Crippen LogP contribution is 2.33. The summed E-state index contributed by atoms with van der Waals surface area (Å²) in [4.78, 5) is 14.6. The van der Waals surface area contributed by atoms with Gasteiger partial charge in [-0.2, -0.15) is 0 Å². The van der Waals surface area contributed by atoms with Crippen molar-refractivity contribution in [2.24, 2.45) is 22.2 Å². The highest BCUT2D eigenvalue weighted by molar-refractivity contribution is 6.06. The average molecular weight is 271 g/mol. The number of ether oxygens (including phenoxy) is 1. The summed E-state index contributed by atoms with van der Waals surface area (Å²) in [6, 6.07) is 0. The molecule has 0 aliphatic carbocycles.